The van der Waals surface area contributed by atoms with E-state index in [9.17, 15) is 24.9 Å². The molecule has 8 atom stereocenters. The number of nitrogens with one attached hydrogen (secondary N) is 1. The van der Waals surface area contributed by atoms with Crippen molar-refractivity contribution in [2.45, 2.75) is 74.0 Å². The average Bonchev–Trinajstić information content (AvgIpc) is 3.47. The van der Waals surface area contributed by atoms with Crippen molar-refractivity contribution < 1.29 is 43.5 Å². The van der Waals surface area contributed by atoms with Gasteiger partial charge in [-0.05, 0) is 26.7 Å². The molecule has 1 aromatic heterocycles. The molecule has 0 spiro atoms. The minimum absolute atomic E-state index is 0.0372. The van der Waals surface area contributed by atoms with Crippen LogP contribution in [-0.2, 0) is 23.8 Å². The number of esters is 1. The first-order valence-electron chi connectivity index (χ1n) is 12.5. The van der Waals surface area contributed by atoms with Gasteiger partial charge in [-0.25, -0.2) is 4.79 Å². The molecule has 0 saturated carbocycles. The number of amides is 1. The van der Waals surface area contributed by atoms with Gasteiger partial charge in [0.2, 0.25) is 5.91 Å². The van der Waals surface area contributed by atoms with E-state index < -0.39 is 40.1 Å². The number of nitrogens with zero attached hydrogens (tertiary/aromatic N) is 1. The molecule has 2 fully saturated rings. The predicted molar refractivity (Wildman–Crippen MR) is 144 cm³/mol. The fraction of sp³-hybridized carbons (Fsp3) is 0.577. The molecule has 2 aliphatic heterocycles. The van der Waals surface area contributed by atoms with Crippen LogP contribution in [0, 0.1) is 23.2 Å². The summed E-state index contributed by atoms with van der Waals surface area (Å²) < 4.78 is 19.2. The average molecular weight is 622 g/mol. The summed E-state index contributed by atoms with van der Waals surface area (Å²) in [5.41, 5.74) is 0.656. The second-order valence-corrected chi connectivity index (χ2v) is 12.3. The quantitative estimate of drug-likeness (QED) is 0.0999. The standard InChI is InChI=1S/C26H31Cl3N2O9/c1-12(4-18-23(35)22(34)16(11-38-18)7-19-24(39-19)13(2)14(3)32)5-21(33)31-9-20(40-25(36)26(27,28)29)17-6-15(8-30)10-37-17/h5-6,9-10,13-14,16,18-19,22-24,32,34-35H,4,7,11H2,1-3H3,(H,31,33)/b12-5+,20-9+/t13-,14-,16-,18-,19-,22+,23-,24-/m0/s1. The monoisotopic (exact) mass is 620 g/mol. The molecule has 1 amide bonds. The van der Waals surface area contributed by atoms with Crippen LogP contribution in [0.5, 0.6) is 0 Å². The Morgan fingerprint density at radius 2 is 1.98 bits per heavy atom. The van der Waals surface area contributed by atoms with Crippen LogP contribution in [0.4, 0.5) is 0 Å². The molecule has 3 heterocycles. The third kappa shape index (κ3) is 8.68. The van der Waals surface area contributed by atoms with Crippen LogP contribution in [0.3, 0.4) is 0 Å². The zero-order valence-electron chi connectivity index (χ0n) is 21.9. The lowest BCUT2D eigenvalue weighted by Gasteiger charge is -2.38. The maximum absolute atomic E-state index is 12.5. The molecule has 3 rings (SSSR count). The lowest BCUT2D eigenvalue weighted by atomic mass is 9.85. The topological polar surface area (TPSA) is 175 Å². The van der Waals surface area contributed by atoms with E-state index in [0.29, 0.717) is 12.0 Å². The summed E-state index contributed by atoms with van der Waals surface area (Å²) in [6.07, 6.45) is 0.322. The van der Waals surface area contributed by atoms with E-state index in [2.05, 4.69) is 5.32 Å². The van der Waals surface area contributed by atoms with E-state index >= 15 is 0 Å². The summed E-state index contributed by atoms with van der Waals surface area (Å²) in [5, 5.41) is 42.5. The van der Waals surface area contributed by atoms with Gasteiger partial charge in [-0.2, -0.15) is 5.26 Å². The zero-order valence-corrected chi connectivity index (χ0v) is 24.2. The van der Waals surface area contributed by atoms with Crippen LogP contribution in [0.1, 0.15) is 44.9 Å². The molecular weight excluding hydrogens is 591 g/mol. The van der Waals surface area contributed by atoms with Crippen molar-refractivity contribution in [3.8, 4) is 6.07 Å². The fourth-order valence-electron chi connectivity index (χ4n) is 4.32. The molecule has 220 valence electrons. The third-order valence-electron chi connectivity index (χ3n) is 6.83. The Morgan fingerprint density at radius 3 is 2.58 bits per heavy atom. The summed E-state index contributed by atoms with van der Waals surface area (Å²) in [7, 11) is 0. The number of alkyl halides is 3. The summed E-state index contributed by atoms with van der Waals surface area (Å²) in [6.45, 7) is 5.45. The van der Waals surface area contributed by atoms with Crippen molar-refractivity contribution in [3.05, 3.63) is 41.5 Å². The van der Waals surface area contributed by atoms with Gasteiger partial charge in [0.1, 0.15) is 18.4 Å². The molecule has 0 aromatic carbocycles. The van der Waals surface area contributed by atoms with Gasteiger partial charge < -0.3 is 39.3 Å². The van der Waals surface area contributed by atoms with Crippen molar-refractivity contribution in [2.24, 2.45) is 11.8 Å². The molecule has 11 nitrogen and oxygen atoms in total. The van der Waals surface area contributed by atoms with Crippen molar-refractivity contribution in [1.82, 2.24) is 5.32 Å². The van der Waals surface area contributed by atoms with E-state index in [1.807, 2.05) is 13.0 Å². The number of ether oxygens (including phenoxy) is 3. The normalized spacial score (nSPS) is 28.8. The van der Waals surface area contributed by atoms with E-state index in [4.69, 9.17) is 58.7 Å². The maximum Gasteiger partial charge on any atom is 0.364 e. The van der Waals surface area contributed by atoms with Gasteiger partial charge in [0.05, 0.1) is 48.9 Å². The first kappa shape index (κ1) is 32.4. The van der Waals surface area contributed by atoms with E-state index in [0.717, 1.165) is 12.5 Å². The Hall–Kier alpha value is -2.14. The van der Waals surface area contributed by atoms with Crippen molar-refractivity contribution in [2.75, 3.05) is 6.61 Å². The Morgan fingerprint density at radius 1 is 1.27 bits per heavy atom. The number of carbonyl (C=O) groups excluding carboxylic acids is 2. The lowest BCUT2D eigenvalue weighted by Crippen LogP contribution is -2.50. The summed E-state index contributed by atoms with van der Waals surface area (Å²) in [5.74, 6) is -2.66. The number of aliphatic hydroxyl groups is 3. The number of carbonyl (C=O) groups is 2. The molecular formula is C26H31Cl3N2O9. The molecule has 14 heteroatoms. The minimum Gasteiger partial charge on any atom is -0.460 e. The van der Waals surface area contributed by atoms with Gasteiger partial charge in [-0.3, -0.25) is 4.79 Å². The second-order valence-electron chi connectivity index (χ2n) is 10.00. The molecule has 2 aliphatic rings. The van der Waals surface area contributed by atoms with Gasteiger partial charge in [0.25, 0.3) is 3.79 Å². The second kappa shape index (κ2) is 13.7. The molecule has 0 radical (unpaired) electrons. The molecule has 40 heavy (non-hydrogen) atoms. The van der Waals surface area contributed by atoms with Crippen LogP contribution in [-0.4, -0.2) is 74.2 Å². The van der Waals surface area contributed by atoms with E-state index in [1.165, 1.54) is 12.1 Å². The SMILES string of the molecule is C/C(=C\C(=O)N/C=C(/OC(=O)C(Cl)(Cl)Cl)c1cc(C#N)co1)C[C@@H]1OC[C@H](C[C@@H]2O[C@H]2[C@@H](C)[C@H](C)O)[C@@H](O)[C@H]1O. The van der Waals surface area contributed by atoms with Gasteiger partial charge in [-0.15, -0.1) is 0 Å². The van der Waals surface area contributed by atoms with Gasteiger partial charge >= 0.3 is 5.97 Å². The molecule has 0 bridgehead atoms. The highest BCUT2D eigenvalue weighted by Crippen LogP contribution is 2.38. The summed E-state index contributed by atoms with van der Waals surface area (Å²) in [4.78, 5) is 24.5. The molecule has 1 aromatic rings. The zero-order chi connectivity index (χ0) is 29.8. The number of hydrogen-bond acceptors (Lipinski definition) is 10. The Bertz CT molecular complexity index is 1170. The number of rotatable bonds is 10. The Kier molecular flexibility index (Phi) is 11.1. The number of epoxide rings is 1. The van der Waals surface area contributed by atoms with Gasteiger partial charge in [0.15, 0.2) is 11.5 Å². The number of nitriles is 1. The van der Waals surface area contributed by atoms with E-state index in [1.54, 1.807) is 13.8 Å². The Labute approximate surface area is 246 Å². The van der Waals surface area contributed by atoms with Crippen molar-refractivity contribution in [3.63, 3.8) is 0 Å². The lowest BCUT2D eigenvalue weighted by molar-refractivity contribution is -0.165. The number of furan rings is 1. The molecule has 0 unspecified atom stereocenters. The highest BCUT2D eigenvalue weighted by Gasteiger charge is 2.48. The van der Waals surface area contributed by atoms with Crippen molar-refractivity contribution >= 4 is 52.4 Å². The largest absolute Gasteiger partial charge is 0.460 e. The molecule has 4 N–H and O–H groups in total. The predicted octanol–water partition coefficient (Wildman–Crippen LogP) is 2.73. The molecule has 2 saturated heterocycles. The number of hydrogen-bond donors (Lipinski definition) is 4. The van der Waals surface area contributed by atoms with E-state index in [-0.39, 0.29) is 54.2 Å². The van der Waals surface area contributed by atoms with Crippen molar-refractivity contribution in [1.29, 1.82) is 5.26 Å². The van der Waals surface area contributed by atoms with Gasteiger partial charge in [-0.1, -0.05) is 47.3 Å². The fourth-order valence-corrected chi connectivity index (χ4v) is 4.44. The minimum atomic E-state index is -2.40. The highest BCUT2D eigenvalue weighted by molar-refractivity contribution is 6.75. The van der Waals surface area contributed by atoms with Gasteiger partial charge in [0, 0.05) is 24.0 Å². The van der Waals surface area contributed by atoms with Crippen LogP contribution in [0.2, 0.25) is 0 Å². The molecule has 0 aliphatic carbocycles. The Balaban J connectivity index is 1.57. The first-order valence-corrected chi connectivity index (χ1v) is 13.6. The number of aliphatic hydroxyl groups excluding tert-OH is 3. The summed E-state index contributed by atoms with van der Waals surface area (Å²) in [6, 6.07) is 3.10. The smallest absolute Gasteiger partial charge is 0.364 e. The number of halogens is 3. The van der Waals surface area contributed by atoms with Crippen LogP contribution in [0.25, 0.3) is 5.76 Å². The third-order valence-corrected chi connectivity index (χ3v) is 7.29. The van der Waals surface area contributed by atoms with Crippen LogP contribution >= 0.6 is 34.8 Å². The highest BCUT2D eigenvalue weighted by atomic mass is 35.6. The summed E-state index contributed by atoms with van der Waals surface area (Å²) >= 11 is 16.6. The maximum atomic E-state index is 12.5. The van der Waals surface area contributed by atoms with Crippen LogP contribution < -0.4 is 5.32 Å². The van der Waals surface area contributed by atoms with Crippen LogP contribution in [0.15, 0.2) is 34.6 Å². The first-order chi connectivity index (χ1) is 18.7.